The Balaban J connectivity index is 2.42. The van der Waals surface area contributed by atoms with Gasteiger partial charge >= 0.3 is 0 Å². The van der Waals surface area contributed by atoms with Crippen LogP contribution in [0.4, 0.5) is 5.69 Å². The smallest absolute Gasteiger partial charge is 0.224 e. The van der Waals surface area contributed by atoms with Crippen molar-refractivity contribution in [2.24, 2.45) is 0 Å². The SMILES string of the molecule is CCNCCCC(=O)Nc1cc(C)ccc1C. The van der Waals surface area contributed by atoms with Crippen LogP contribution in [0.15, 0.2) is 18.2 Å². The number of rotatable bonds is 6. The second-order valence-corrected chi connectivity index (χ2v) is 4.32. The van der Waals surface area contributed by atoms with Gasteiger partial charge in [-0.05, 0) is 50.6 Å². The number of benzene rings is 1. The molecule has 0 spiro atoms. The minimum Gasteiger partial charge on any atom is -0.326 e. The predicted octanol–water partition coefficient (Wildman–Crippen LogP) is 2.63. The first-order valence-electron chi connectivity index (χ1n) is 6.21. The molecule has 1 amide bonds. The molecular weight excluding hydrogens is 212 g/mol. The van der Waals surface area contributed by atoms with Crippen LogP contribution in [-0.4, -0.2) is 19.0 Å². The highest BCUT2D eigenvalue weighted by molar-refractivity contribution is 5.91. The topological polar surface area (TPSA) is 41.1 Å². The summed E-state index contributed by atoms with van der Waals surface area (Å²) in [7, 11) is 0. The Morgan fingerprint density at radius 3 is 2.76 bits per heavy atom. The highest BCUT2D eigenvalue weighted by Crippen LogP contribution is 2.16. The van der Waals surface area contributed by atoms with E-state index in [4.69, 9.17) is 0 Å². The molecule has 1 aromatic carbocycles. The average molecular weight is 234 g/mol. The van der Waals surface area contributed by atoms with E-state index < -0.39 is 0 Å². The van der Waals surface area contributed by atoms with Crippen LogP contribution in [0.3, 0.4) is 0 Å². The predicted molar refractivity (Wildman–Crippen MR) is 72.3 cm³/mol. The molecule has 0 aliphatic carbocycles. The van der Waals surface area contributed by atoms with Crippen LogP contribution >= 0.6 is 0 Å². The molecule has 3 nitrogen and oxygen atoms in total. The van der Waals surface area contributed by atoms with Gasteiger partial charge in [-0.15, -0.1) is 0 Å². The third-order valence-corrected chi connectivity index (χ3v) is 2.67. The number of amides is 1. The Hall–Kier alpha value is -1.35. The van der Waals surface area contributed by atoms with Crippen molar-refractivity contribution in [3.05, 3.63) is 29.3 Å². The van der Waals surface area contributed by atoms with Gasteiger partial charge in [-0.2, -0.15) is 0 Å². The van der Waals surface area contributed by atoms with Crippen LogP contribution in [-0.2, 0) is 4.79 Å². The van der Waals surface area contributed by atoms with Gasteiger partial charge in [-0.25, -0.2) is 0 Å². The molecule has 0 fully saturated rings. The van der Waals surface area contributed by atoms with Crippen molar-refractivity contribution in [2.75, 3.05) is 18.4 Å². The van der Waals surface area contributed by atoms with E-state index in [1.165, 1.54) is 5.56 Å². The number of carbonyl (C=O) groups excluding carboxylic acids is 1. The highest BCUT2D eigenvalue weighted by Gasteiger charge is 2.04. The maximum atomic E-state index is 11.7. The summed E-state index contributed by atoms with van der Waals surface area (Å²) in [6, 6.07) is 6.09. The number of anilines is 1. The van der Waals surface area contributed by atoms with Crippen LogP contribution in [0.5, 0.6) is 0 Å². The Bertz CT molecular complexity index is 374. The molecule has 17 heavy (non-hydrogen) atoms. The van der Waals surface area contributed by atoms with E-state index in [-0.39, 0.29) is 5.91 Å². The average Bonchev–Trinajstić information content (AvgIpc) is 2.29. The summed E-state index contributed by atoms with van der Waals surface area (Å²) >= 11 is 0. The molecule has 0 aliphatic heterocycles. The minimum atomic E-state index is 0.0941. The maximum absolute atomic E-state index is 11.7. The summed E-state index contributed by atoms with van der Waals surface area (Å²) in [5, 5.41) is 6.17. The Kier molecular flexibility index (Phi) is 5.70. The standard InChI is InChI=1S/C14H22N2O/c1-4-15-9-5-6-14(17)16-13-10-11(2)7-8-12(13)3/h7-8,10,15H,4-6,9H2,1-3H3,(H,16,17). The molecule has 0 radical (unpaired) electrons. The zero-order chi connectivity index (χ0) is 12.7. The fraction of sp³-hybridized carbons (Fsp3) is 0.500. The van der Waals surface area contributed by atoms with Crippen molar-refractivity contribution in [3.8, 4) is 0 Å². The van der Waals surface area contributed by atoms with E-state index in [2.05, 4.69) is 23.6 Å². The van der Waals surface area contributed by atoms with Crippen molar-refractivity contribution in [1.29, 1.82) is 0 Å². The van der Waals surface area contributed by atoms with Gasteiger partial charge in [-0.3, -0.25) is 4.79 Å². The van der Waals surface area contributed by atoms with Crippen LogP contribution in [0.2, 0.25) is 0 Å². The Labute approximate surface area is 104 Å². The van der Waals surface area contributed by atoms with Crippen LogP contribution < -0.4 is 10.6 Å². The van der Waals surface area contributed by atoms with Gasteiger partial charge < -0.3 is 10.6 Å². The fourth-order valence-corrected chi connectivity index (χ4v) is 1.63. The summed E-state index contributed by atoms with van der Waals surface area (Å²) in [5.74, 6) is 0.0941. The maximum Gasteiger partial charge on any atom is 0.224 e. The molecule has 0 aliphatic rings. The molecule has 0 atom stereocenters. The zero-order valence-electron chi connectivity index (χ0n) is 11.0. The van der Waals surface area contributed by atoms with Crippen molar-refractivity contribution in [1.82, 2.24) is 5.32 Å². The third-order valence-electron chi connectivity index (χ3n) is 2.67. The van der Waals surface area contributed by atoms with Crippen molar-refractivity contribution < 1.29 is 4.79 Å². The van der Waals surface area contributed by atoms with Crippen molar-refractivity contribution in [2.45, 2.75) is 33.6 Å². The largest absolute Gasteiger partial charge is 0.326 e. The monoisotopic (exact) mass is 234 g/mol. The van der Waals surface area contributed by atoms with Gasteiger partial charge in [0.2, 0.25) is 5.91 Å². The number of nitrogens with one attached hydrogen (secondary N) is 2. The molecule has 0 bridgehead atoms. The molecule has 2 N–H and O–H groups in total. The molecule has 94 valence electrons. The third kappa shape index (κ3) is 5.00. The van der Waals surface area contributed by atoms with Gasteiger partial charge in [0, 0.05) is 12.1 Å². The van der Waals surface area contributed by atoms with Gasteiger partial charge in [0.25, 0.3) is 0 Å². The van der Waals surface area contributed by atoms with E-state index in [9.17, 15) is 4.79 Å². The summed E-state index contributed by atoms with van der Waals surface area (Å²) in [5.41, 5.74) is 3.20. The molecule has 0 saturated carbocycles. The van der Waals surface area contributed by atoms with Gasteiger partial charge in [-0.1, -0.05) is 19.1 Å². The Morgan fingerprint density at radius 1 is 1.29 bits per heavy atom. The number of hydrogen-bond donors (Lipinski definition) is 2. The molecule has 0 unspecified atom stereocenters. The second-order valence-electron chi connectivity index (χ2n) is 4.32. The lowest BCUT2D eigenvalue weighted by atomic mass is 10.1. The molecule has 0 aromatic heterocycles. The highest BCUT2D eigenvalue weighted by atomic mass is 16.1. The lowest BCUT2D eigenvalue weighted by Crippen LogP contribution is -2.18. The van der Waals surface area contributed by atoms with Crippen LogP contribution in [0, 0.1) is 13.8 Å². The molecule has 0 heterocycles. The lowest BCUT2D eigenvalue weighted by molar-refractivity contribution is -0.116. The normalized spacial score (nSPS) is 10.3. The number of hydrogen-bond acceptors (Lipinski definition) is 2. The lowest BCUT2D eigenvalue weighted by Gasteiger charge is -2.09. The Morgan fingerprint density at radius 2 is 2.06 bits per heavy atom. The molecule has 0 saturated heterocycles. The van der Waals surface area contributed by atoms with Gasteiger partial charge in [0.15, 0.2) is 0 Å². The van der Waals surface area contributed by atoms with E-state index in [0.717, 1.165) is 30.8 Å². The number of aryl methyl sites for hydroxylation is 2. The van der Waals surface area contributed by atoms with Crippen LogP contribution in [0.25, 0.3) is 0 Å². The van der Waals surface area contributed by atoms with Gasteiger partial charge in [0.1, 0.15) is 0 Å². The summed E-state index contributed by atoms with van der Waals surface area (Å²) < 4.78 is 0. The van der Waals surface area contributed by atoms with E-state index >= 15 is 0 Å². The van der Waals surface area contributed by atoms with Gasteiger partial charge in [0.05, 0.1) is 0 Å². The fourth-order valence-electron chi connectivity index (χ4n) is 1.63. The summed E-state index contributed by atoms with van der Waals surface area (Å²) in [6.07, 6.45) is 1.45. The molecule has 1 rings (SSSR count). The van der Waals surface area contributed by atoms with Crippen molar-refractivity contribution >= 4 is 11.6 Å². The first-order chi connectivity index (χ1) is 8.13. The molecule has 3 heteroatoms. The van der Waals surface area contributed by atoms with E-state index in [0.29, 0.717) is 6.42 Å². The number of carbonyl (C=O) groups is 1. The second kappa shape index (κ2) is 7.07. The molecular formula is C14H22N2O. The summed E-state index contributed by atoms with van der Waals surface area (Å²) in [4.78, 5) is 11.7. The zero-order valence-corrected chi connectivity index (χ0v) is 11.0. The first-order valence-corrected chi connectivity index (χ1v) is 6.21. The van der Waals surface area contributed by atoms with E-state index in [1.54, 1.807) is 0 Å². The molecule has 1 aromatic rings. The summed E-state index contributed by atoms with van der Waals surface area (Å²) in [6.45, 7) is 7.96. The quantitative estimate of drug-likeness (QED) is 0.743. The van der Waals surface area contributed by atoms with Crippen LogP contribution in [0.1, 0.15) is 30.9 Å². The minimum absolute atomic E-state index is 0.0941. The first kappa shape index (κ1) is 13.7. The van der Waals surface area contributed by atoms with E-state index in [1.807, 2.05) is 26.0 Å². The van der Waals surface area contributed by atoms with Crippen molar-refractivity contribution in [3.63, 3.8) is 0 Å².